The smallest absolute Gasteiger partial charge is 0.432 e. The molecule has 28 heavy (non-hydrogen) atoms. The highest BCUT2D eigenvalue weighted by atomic mass is 35.5. The van der Waals surface area contributed by atoms with Crippen LogP contribution in [-0.2, 0) is 4.79 Å². The lowest BCUT2D eigenvalue weighted by Gasteiger charge is -2.39. The lowest BCUT2D eigenvalue weighted by atomic mass is 9.85. The maximum atomic E-state index is 13.9. The summed E-state index contributed by atoms with van der Waals surface area (Å²) < 4.78 is 47.0. The summed E-state index contributed by atoms with van der Waals surface area (Å²) in [5.74, 6) is 3.78. The zero-order valence-electron chi connectivity index (χ0n) is 14.6. The van der Waals surface area contributed by atoms with Gasteiger partial charge in [0, 0.05) is 16.1 Å². The molecule has 0 fully saturated rings. The van der Waals surface area contributed by atoms with Gasteiger partial charge >= 0.3 is 12.1 Å². The van der Waals surface area contributed by atoms with Gasteiger partial charge in [0.2, 0.25) is 5.60 Å². The fourth-order valence-corrected chi connectivity index (χ4v) is 3.23. The lowest BCUT2D eigenvalue weighted by molar-refractivity contribution is -0.236. The predicted octanol–water partition coefficient (Wildman–Crippen LogP) is 5.31. The molecule has 1 aliphatic rings. The van der Waals surface area contributed by atoms with Crippen LogP contribution in [-0.4, -0.2) is 22.9 Å². The first-order chi connectivity index (χ1) is 13.2. The molecule has 144 valence electrons. The number of fused-ring (bicyclic) bond motifs is 1. The minimum absolute atomic E-state index is 0.135. The minimum Gasteiger partial charge on any atom is -0.478 e. The van der Waals surface area contributed by atoms with Crippen molar-refractivity contribution in [2.75, 3.05) is 0 Å². The maximum absolute atomic E-state index is 13.9. The molecule has 2 aromatic rings. The average molecular weight is 407 g/mol. The first-order valence-electron chi connectivity index (χ1n) is 8.30. The summed E-state index contributed by atoms with van der Waals surface area (Å²) in [6.07, 6.45) is -4.59. The van der Waals surface area contributed by atoms with E-state index in [0.717, 1.165) is 6.08 Å². The minimum atomic E-state index is -4.94. The Morgan fingerprint density at radius 1 is 1.21 bits per heavy atom. The van der Waals surface area contributed by atoms with Crippen molar-refractivity contribution in [3.05, 3.63) is 69.8 Å². The van der Waals surface area contributed by atoms with Crippen molar-refractivity contribution in [1.82, 2.24) is 0 Å². The number of hydrogen-bond acceptors (Lipinski definition) is 2. The molecule has 3 nitrogen and oxygen atoms in total. The van der Waals surface area contributed by atoms with E-state index in [1.807, 2.05) is 6.07 Å². The van der Waals surface area contributed by atoms with Crippen LogP contribution in [0.1, 0.15) is 30.0 Å². The predicted molar refractivity (Wildman–Crippen MR) is 99.2 cm³/mol. The molecular weight excluding hydrogens is 393 g/mol. The molecule has 0 spiro atoms. The average Bonchev–Trinajstić information content (AvgIpc) is 2.64. The number of carbonyl (C=O) groups is 1. The van der Waals surface area contributed by atoms with E-state index < -0.39 is 29.7 Å². The molecule has 7 heteroatoms. The molecule has 1 unspecified atom stereocenters. The van der Waals surface area contributed by atoms with Gasteiger partial charge in [-0.2, -0.15) is 13.2 Å². The van der Waals surface area contributed by atoms with E-state index in [4.69, 9.17) is 16.3 Å². The van der Waals surface area contributed by atoms with Crippen LogP contribution in [0, 0.1) is 11.8 Å². The van der Waals surface area contributed by atoms with Crippen molar-refractivity contribution in [3.63, 3.8) is 0 Å². The fraction of sp³-hybridized carbons (Fsp3) is 0.190. The number of rotatable bonds is 2. The topological polar surface area (TPSA) is 46.5 Å². The molecule has 0 saturated carbocycles. The molecule has 3 rings (SSSR count). The first-order valence-corrected chi connectivity index (χ1v) is 8.67. The molecule has 0 radical (unpaired) electrons. The van der Waals surface area contributed by atoms with Crippen LogP contribution in [0.4, 0.5) is 13.2 Å². The monoisotopic (exact) mass is 406 g/mol. The van der Waals surface area contributed by atoms with E-state index in [-0.39, 0.29) is 21.9 Å². The number of carboxylic acid groups (broad SMARTS) is 1. The van der Waals surface area contributed by atoms with Gasteiger partial charge in [0.1, 0.15) is 5.75 Å². The fourth-order valence-electron chi connectivity index (χ4n) is 3.00. The summed E-state index contributed by atoms with van der Waals surface area (Å²) in [5, 5.41) is 9.58. The Kier molecular flexibility index (Phi) is 5.14. The third kappa shape index (κ3) is 3.46. The van der Waals surface area contributed by atoms with Gasteiger partial charge in [0.05, 0.1) is 11.1 Å². The van der Waals surface area contributed by atoms with Crippen LogP contribution in [0.5, 0.6) is 5.75 Å². The molecule has 1 aliphatic heterocycles. The van der Waals surface area contributed by atoms with E-state index in [1.165, 1.54) is 19.1 Å². The number of benzene rings is 2. The normalized spacial score (nSPS) is 18.2. The first kappa shape index (κ1) is 19.8. The van der Waals surface area contributed by atoms with Crippen molar-refractivity contribution in [1.29, 1.82) is 0 Å². The van der Waals surface area contributed by atoms with Gasteiger partial charge in [0.15, 0.2) is 0 Å². The Hall–Kier alpha value is -2.91. The number of ether oxygens (including phenoxy) is 1. The summed E-state index contributed by atoms with van der Waals surface area (Å²) in [4.78, 5) is 11.6. The number of hydrogen-bond donors (Lipinski definition) is 1. The molecule has 0 amide bonds. The molecule has 0 aliphatic carbocycles. The summed E-state index contributed by atoms with van der Waals surface area (Å²) in [6, 6.07) is 11.6. The largest absolute Gasteiger partial charge is 0.478 e. The van der Waals surface area contributed by atoms with Crippen molar-refractivity contribution < 1.29 is 27.8 Å². The van der Waals surface area contributed by atoms with Crippen LogP contribution < -0.4 is 4.74 Å². The Morgan fingerprint density at radius 2 is 1.89 bits per heavy atom. The summed E-state index contributed by atoms with van der Waals surface area (Å²) in [7, 11) is 0. The number of alkyl halides is 3. The Bertz CT molecular complexity index is 1020. The van der Waals surface area contributed by atoms with Gasteiger partial charge in [-0.1, -0.05) is 48.6 Å². The third-order valence-electron chi connectivity index (χ3n) is 4.40. The van der Waals surface area contributed by atoms with E-state index in [9.17, 15) is 23.1 Å². The van der Waals surface area contributed by atoms with Crippen molar-refractivity contribution in [2.24, 2.45) is 0 Å². The van der Waals surface area contributed by atoms with Crippen molar-refractivity contribution >= 4 is 23.6 Å². The van der Waals surface area contributed by atoms with Gasteiger partial charge in [0.25, 0.3) is 0 Å². The van der Waals surface area contributed by atoms with Gasteiger partial charge in [-0.25, -0.2) is 4.79 Å². The van der Waals surface area contributed by atoms with Crippen molar-refractivity contribution in [3.8, 4) is 17.6 Å². The molecule has 0 bridgehead atoms. The van der Waals surface area contributed by atoms with Gasteiger partial charge in [-0.05, 0) is 36.8 Å². The van der Waals surface area contributed by atoms with Crippen LogP contribution in [0.15, 0.2) is 48.0 Å². The summed E-state index contributed by atoms with van der Waals surface area (Å²) >= 11 is 6.06. The van der Waals surface area contributed by atoms with E-state index in [2.05, 4.69) is 11.8 Å². The second-order valence-electron chi connectivity index (χ2n) is 6.13. The van der Waals surface area contributed by atoms with E-state index in [1.54, 1.807) is 24.3 Å². The molecule has 0 aromatic heterocycles. The second kappa shape index (κ2) is 7.25. The Morgan fingerprint density at radius 3 is 2.46 bits per heavy atom. The Labute approximate surface area is 164 Å². The van der Waals surface area contributed by atoms with Crippen molar-refractivity contribution in [2.45, 2.75) is 25.1 Å². The number of carboxylic acids is 1. The molecular formula is C21H14ClF3O3. The van der Waals surface area contributed by atoms with Crippen LogP contribution >= 0.6 is 11.6 Å². The van der Waals surface area contributed by atoms with Crippen LogP contribution in [0.25, 0.3) is 6.08 Å². The molecule has 0 saturated heterocycles. The number of halogens is 4. The third-order valence-corrected chi connectivity index (χ3v) is 4.61. The zero-order valence-corrected chi connectivity index (χ0v) is 15.4. The SMILES string of the molecule is CCC1(C(F)(F)F)Oc2c(C#Cc3ccccc3)cc(Cl)cc2C=C1C(=O)O. The standard InChI is InChI=1S/C21H14ClF3O3/c1-2-20(21(23,24)25)17(19(26)27)12-15-11-16(22)10-14(18(15)28-20)9-8-13-6-4-3-5-7-13/h3-7,10-12H,2H2,1H3,(H,26,27). The number of aliphatic carboxylic acids is 1. The van der Waals surface area contributed by atoms with Gasteiger partial charge < -0.3 is 9.84 Å². The quantitative estimate of drug-likeness (QED) is 0.687. The highest BCUT2D eigenvalue weighted by molar-refractivity contribution is 6.31. The van der Waals surface area contributed by atoms with Gasteiger partial charge in [-0.15, -0.1) is 0 Å². The summed E-state index contributed by atoms with van der Waals surface area (Å²) in [6.45, 7) is 1.22. The Balaban J connectivity index is 2.22. The summed E-state index contributed by atoms with van der Waals surface area (Å²) in [5.41, 5.74) is -2.92. The van der Waals surface area contributed by atoms with E-state index >= 15 is 0 Å². The molecule has 1 N–H and O–H groups in total. The van der Waals surface area contributed by atoms with Crippen LogP contribution in [0.3, 0.4) is 0 Å². The maximum Gasteiger partial charge on any atom is 0.432 e. The zero-order chi connectivity index (χ0) is 20.5. The van der Waals surface area contributed by atoms with Gasteiger partial charge in [-0.3, -0.25) is 0 Å². The van der Waals surface area contributed by atoms with E-state index in [0.29, 0.717) is 5.56 Å². The highest BCUT2D eigenvalue weighted by Gasteiger charge is 2.62. The van der Waals surface area contributed by atoms with Crippen LogP contribution in [0.2, 0.25) is 5.02 Å². The second-order valence-corrected chi connectivity index (χ2v) is 6.57. The molecule has 1 heterocycles. The molecule has 2 aromatic carbocycles. The molecule has 1 atom stereocenters. The lowest BCUT2D eigenvalue weighted by Crippen LogP contribution is -2.54. The highest BCUT2D eigenvalue weighted by Crippen LogP contribution is 2.48.